The van der Waals surface area contributed by atoms with E-state index in [0.717, 1.165) is 22.6 Å². The first kappa shape index (κ1) is 18.5. The van der Waals surface area contributed by atoms with Crippen molar-refractivity contribution in [1.82, 2.24) is 9.78 Å². The maximum Gasteiger partial charge on any atom is 0.391 e. The molecule has 2 heterocycles. The topological polar surface area (TPSA) is 53.1 Å². The molecule has 3 aromatic rings. The predicted molar refractivity (Wildman–Crippen MR) is 104 cm³/mol. The van der Waals surface area contributed by atoms with Crippen LogP contribution in [0.25, 0.3) is 10.9 Å². The summed E-state index contributed by atoms with van der Waals surface area (Å²) >= 11 is 0. The van der Waals surface area contributed by atoms with Crippen LogP contribution in [0.2, 0.25) is 0 Å². The van der Waals surface area contributed by atoms with Gasteiger partial charge in [0.1, 0.15) is 0 Å². The van der Waals surface area contributed by atoms with Gasteiger partial charge in [0.05, 0.1) is 16.8 Å². The number of fused-ring (bicyclic) bond motifs is 1. The van der Waals surface area contributed by atoms with Crippen LogP contribution in [0.15, 0.2) is 47.3 Å². The minimum atomic E-state index is -4.09. The third-order valence-electron chi connectivity index (χ3n) is 5.32. The molecule has 8 heteroatoms. The number of aromatic amines is 1. The lowest BCUT2D eigenvalue weighted by Gasteiger charge is -2.34. The van der Waals surface area contributed by atoms with Crippen molar-refractivity contribution in [3.05, 3.63) is 52.8 Å². The number of rotatable bonds is 3. The number of nitrogens with one attached hydrogen (secondary N) is 2. The summed E-state index contributed by atoms with van der Waals surface area (Å²) in [6.07, 6.45) is -3.82. The van der Waals surface area contributed by atoms with Crippen LogP contribution in [0, 0.1) is 5.92 Å². The summed E-state index contributed by atoms with van der Waals surface area (Å²) in [6, 6.07) is 13.1. The standard InChI is InChI=1S/C20H21F3N4O/c1-26-19(28)17-7-4-15(12-18(17)25-26)24-14-2-5-16(6-3-14)27-10-8-13(9-11-27)20(21,22)23/h2-7,12-13,24-25H,8-11H2,1H3. The monoisotopic (exact) mass is 390 g/mol. The molecule has 0 radical (unpaired) electrons. The van der Waals surface area contributed by atoms with Crippen LogP contribution in [-0.2, 0) is 7.05 Å². The summed E-state index contributed by atoms with van der Waals surface area (Å²) in [6.45, 7) is 0.823. The molecule has 148 valence electrons. The molecule has 1 saturated heterocycles. The summed E-state index contributed by atoms with van der Waals surface area (Å²) in [5.74, 6) is -1.19. The number of alkyl halides is 3. The van der Waals surface area contributed by atoms with Gasteiger partial charge in [-0.25, -0.2) is 0 Å². The molecule has 0 spiro atoms. The number of H-pyrrole nitrogens is 1. The number of aryl methyl sites for hydroxylation is 1. The van der Waals surface area contributed by atoms with Gasteiger partial charge in [-0.3, -0.25) is 14.6 Å². The van der Waals surface area contributed by atoms with Gasteiger partial charge >= 0.3 is 6.18 Å². The molecule has 0 unspecified atom stereocenters. The van der Waals surface area contributed by atoms with Crippen molar-refractivity contribution < 1.29 is 13.2 Å². The van der Waals surface area contributed by atoms with Crippen LogP contribution < -0.4 is 15.8 Å². The molecular formula is C20H21F3N4O. The second kappa shape index (κ2) is 6.92. The zero-order valence-corrected chi connectivity index (χ0v) is 15.4. The Morgan fingerprint density at radius 1 is 1.04 bits per heavy atom. The van der Waals surface area contributed by atoms with E-state index in [9.17, 15) is 18.0 Å². The van der Waals surface area contributed by atoms with Crippen molar-refractivity contribution in [3.63, 3.8) is 0 Å². The Morgan fingerprint density at radius 3 is 2.32 bits per heavy atom. The molecule has 0 bridgehead atoms. The van der Waals surface area contributed by atoms with Crippen molar-refractivity contribution in [1.29, 1.82) is 0 Å². The van der Waals surface area contributed by atoms with Crippen LogP contribution in [0.4, 0.5) is 30.2 Å². The molecule has 1 aliphatic rings. The molecule has 0 saturated carbocycles. The van der Waals surface area contributed by atoms with E-state index in [0.29, 0.717) is 18.5 Å². The van der Waals surface area contributed by atoms with E-state index in [1.807, 2.05) is 41.3 Å². The Balaban J connectivity index is 1.43. The van der Waals surface area contributed by atoms with E-state index in [1.165, 1.54) is 4.68 Å². The molecule has 4 rings (SSSR count). The highest BCUT2D eigenvalue weighted by atomic mass is 19.4. The zero-order valence-electron chi connectivity index (χ0n) is 15.4. The fourth-order valence-electron chi connectivity index (χ4n) is 3.70. The first-order chi connectivity index (χ1) is 13.3. The van der Waals surface area contributed by atoms with Crippen LogP contribution in [0.1, 0.15) is 12.8 Å². The normalized spacial score (nSPS) is 15.9. The lowest BCUT2D eigenvalue weighted by atomic mass is 9.96. The molecular weight excluding hydrogens is 369 g/mol. The average Bonchev–Trinajstić information content (AvgIpc) is 2.95. The van der Waals surface area contributed by atoms with Gasteiger partial charge in [-0.05, 0) is 55.3 Å². The Bertz CT molecular complexity index is 1030. The number of anilines is 3. The minimum absolute atomic E-state index is 0.0693. The molecule has 0 aliphatic carbocycles. The Morgan fingerprint density at radius 2 is 1.68 bits per heavy atom. The lowest BCUT2D eigenvalue weighted by molar-refractivity contribution is -0.179. The molecule has 0 atom stereocenters. The van der Waals surface area contributed by atoms with Crippen LogP contribution in [-0.4, -0.2) is 29.0 Å². The SMILES string of the molecule is Cn1[nH]c2cc(Nc3ccc(N4CCC(C(F)(F)F)CC4)cc3)ccc2c1=O. The van der Waals surface area contributed by atoms with Crippen molar-refractivity contribution >= 4 is 28.0 Å². The van der Waals surface area contributed by atoms with E-state index in [-0.39, 0.29) is 18.4 Å². The number of hydrogen-bond donors (Lipinski definition) is 2. The number of halogens is 3. The zero-order chi connectivity index (χ0) is 19.9. The summed E-state index contributed by atoms with van der Waals surface area (Å²) in [7, 11) is 1.67. The van der Waals surface area contributed by atoms with Gasteiger partial charge in [0.15, 0.2) is 0 Å². The van der Waals surface area contributed by atoms with E-state index in [2.05, 4.69) is 10.4 Å². The second-order valence-electron chi connectivity index (χ2n) is 7.21. The van der Waals surface area contributed by atoms with Crippen molar-refractivity contribution in [2.45, 2.75) is 19.0 Å². The molecule has 2 N–H and O–H groups in total. The maximum atomic E-state index is 12.8. The fraction of sp³-hybridized carbons (Fsp3) is 0.350. The first-order valence-electron chi connectivity index (χ1n) is 9.19. The highest BCUT2D eigenvalue weighted by Gasteiger charge is 2.41. The lowest BCUT2D eigenvalue weighted by Crippen LogP contribution is -2.38. The van der Waals surface area contributed by atoms with E-state index in [1.54, 1.807) is 13.1 Å². The second-order valence-corrected chi connectivity index (χ2v) is 7.21. The first-order valence-corrected chi connectivity index (χ1v) is 9.19. The van der Waals surface area contributed by atoms with Gasteiger partial charge in [-0.1, -0.05) is 0 Å². The molecule has 0 amide bonds. The third-order valence-corrected chi connectivity index (χ3v) is 5.32. The Labute approximate surface area is 159 Å². The summed E-state index contributed by atoms with van der Waals surface area (Å²) < 4.78 is 39.8. The smallest absolute Gasteiger partial charge is 0.372 e. The fourth-order valence-corrected chi connectivity index (χ4v) is 3.70. The summed E-state index contributed by atoms with van der Waals surface area (Å²) in [4.78, 5) is 13.9. The Kier molecular flexibility index (Phi) is 4.56. The van der Waals surface area contributed by atoms with Gasteiger partial charge in [0, 0.05) is 37.2 Å². The molecule has 28 heavy (non-hydrogen) atoms. The third kappa shape index (κ3) is 3.58. The van der Waals surface area contributed by atoms with Crippen LogP contribution in [0.3, 0.4) is 0 Å². The van der Waals surface area contributed by atoms with E-state index in [4.69, 9.17) is 0 Å². The highest BCUT2D eigenvalue weighted by molar-refractivity contribution is 5.82. The van der Waals surface area contributed by atoms with Crippen molar-refractivity contribution in [2.75, 3.05) is 23.3 Å². The number of piperidine rings is 1. The van der Waals surface area contributed by atoms with Gasteiger partial charge in [0.25, 0.3) is 5.56 Å². The quantitative estimate of drug-likeness (QED) is 0.698. The van der Waals surface area contributed by atoms with E-state index >= 15 is 0 Å². The summed E-state index contributed by atoms with van der Waals surface area (Å²) in [5, 5.41) is 6.91. The Hall–Kier alpha value is -2.90. The largest absolute Gasteiger partial charge is 0.391 e. The van der Waals surface area contributed by atoms with Crippen molar-refractivity contribution in [2.24, 2.45) is 13.0 Å². The van der Waals surface area contributed by atoms with Gasteiger partial charge < -0.3 is 10.2 Å². The summed E-state index contributed by atoms with van der Waals surface area (Å²) in [5.41, 5.74) is 3.32. The molecule has 5 nitrogen and oxygen atoms in total. The highest BCUT2D eigenvalue weighted by Crippen LogP contribution is 2.35. The molecule has 1 aliphatic heterocycles. The number of nitrogens with zero attached hydrogens (tertiary/aromatic N) is 2. The van der Waals surface area contributed by atoms with Crippen molar-refractivity contribution in [3.8, 4) is 0 Å². The molecule has 2 aromatic carbocycles. The van der Waals surface area contributed by atoms with Crippen LogP contribution in [0.5, 0.6) is 0 Å². The number of aromatic nitrogens is 2. The number of benzene rings is 2. The van der Waals surface area contributed by atoms with Gasteiger partial charge in [0.2, 0.25) is 0 Å². The van der Waals surface area contributed by atoms with Gasteiger partial charge in [-0.2, -0.15) is 13.2 Å². The molecule has 1 fully saturated rings. The number of hydrogen-bond acceptors (Lipinski definition) is 3. The van der Waals surface area contributed by atoms with Crippen LogP contribution >= 0.6 is 0 Å². The molecule has 1 aromatic heterocycles. The predicted octanol–water partition coefficient (Wildman–Crippen LogP) is 4.39. The van der Waals surface area contributed by atoms with Gasteiger partial charge in [-0.15, -0.1) is 0 Å². The maximum absolute atomic E-state index is 12.8. The average molecular weight is 390 g/mol. The minimum Gasteiger partial charge on any atom is -0.372 e. The van der Waals surface area contributed by atoms with E-state index < -0.39 is 12.1 Å².